The standard InChI is InChI=1S/C16H24FNO5S/c1-21-12-22-7-2-8-24(19,20)18-10-14-5-6-15(17)16(9-14)23-11-13-3-4-13/h5-6,9,13,18H,2-4,7-8,10-12H2,1H3. The van der Waals surface area contributed by atoms with Gasteiger partial charge in [-0.15, -0.1) is 0 Å². The van der Waals surface area contributed by atoms with Crippen molar-refractivity contribution in [3.05, 3.63) is 29.6 Å². The predicted molar refractivity (Wildman–Crippen MR) is 87.7 cm³/mol. The molecule has 1 aliphatic rings. The summed E-state index contributed by atoms with van der Waals surface area (Å²) < 4.78 is 55.2. The quantitative estimate of drug-likeness (QED) is 0.456. The lowest BCUT2D eigenvalue weighted by Crippen LogP contribution is -2.26. The molecule has 8 heteroatoms. The van der Waals surface area contributed by atoms with Crippen molar-refractivity contribution in [2.24, 2.45) is 5.92 Å². The summed E-state index contributed by atoms with van der Waals surface area (Å²) in [6.45, 7) is 1.06. The van der Waals surface area contributed by atoms with Gasteiger partial charge in [0.1, 0.15) is 6.79 Å². The number of ether oxygens (including phenoxy) is 3. The molecular weight excluding hydrogens is 337 g/mol. The van der Waals surface area contributed by atoms with Crippen LogP contribution in [0.1, 0.15) is 24.8 Å². The van der Waals surface area contributed by atoms with E-state index in [9.17, 15) is 12.8 Å². The van der Waals surface area contributed by atoms with Crippen molar-refractivity contribution in [2.45, 2.75) is 25.8 Å². The van der Waals surface area contributed by atoms with Gasteiger partial charge in [-0.25, -0.2) is 17.5 Å². The lowest BCUT2D eigenvalue weighted by atomic mass is 10.2. The second-order valence-electron chi connectivity index (χ2n) is 5.83. The zero-order valence-electron chi connectivity index (χ0n) is 13.8. The monoisotopic (exact) mass is 361 g/mol. The molecule has 1 aliphatic carbocycles. The number of hydrogen-bond donors (Lipinski definition) is 1. The van der Waals surface area contributed by atoms with E-state index in [-0.39, 0.29) is 24.8 Å². The van der Waals surface area contributed by atoms with E-state index >= 15 is 0 Å². The highest BCUT2D eigenvalue weighted by Gasteiger charge is 2.22. The largest absolute Gasteiger partial charge is 0.490 e. The molecule has 6 nitrogen and oxygen atoms in total. The normalized spacial score (nSPS) is 14.8. The van der Waals surface area contributed by atoms with Crippen LogP contribution in [0.5, 0.6) is 5.75 Å². The van der Waals surface area contributed by atoms with Crippen LogP contribution >= 0.6 is 0 Å². The molecule has 1 N–H and O–H groups in total. The molecule has 0 aliphatic heterocycles. The van der Waals surface area contributed by atoms with Gasteiger partial charge in [0.25, 0.3) is 0 Å². The maximum atomic E-state index is 13.7. The topological polar surface area (TPSA) is 73.9 Å². The summed E-state index contributed by atoms with van der Waals surface area (Å²) in [5, 5.41) is 0. The van der Waals surface area contributed by atoms with Crippen molar-refractivity contribution in [1.29, 1.82) is 0 Å². The Morgan fingerprint density at radius 1 is 1.33 bits per heavy atom. The first kappa shape index (κ1) is 19.1. The van der Waals surface area contributed by atoms with E-state index in [1.807, 2.05) is 0 Å². The van der Waals surface area contributed by atoms with Crippen LogP contribution in [0, 0.1) is 11.7 Å². The first-order valence-electron chi connectivity index (χ1n) is 7.95. The second-order valence-corrected chi connectivity index (χ2v) is 7.75. The van der Waals surface area contributed by atoms with Gasteiger partial charge in [-0.05, 0) is 42.9 Å². The lowest BCUT2D eigenvalue weighted by molar-refractivity contribution is -0.0298. The zero-order valence-corrected chi connectivity index (χ0v) is 14.6. The Bertz CT molecular complexity index is 619. The molecular formula is C16H24FNO5S. The van der Waals surface area contributed by atoms with Crippen molar-refractivity contribution in [3.63, 3.8) is 0 Å². The number of hydrogen-bond acceptors (Lipinski definition) is 5. The Balaban J connectivity index is 1.78. The molecule has 0 saturated heterocycles. The molecule has 0 amide bonds. The highest BCUT2D eigenvalue weighted by atomic mass is 32.2. The maximum absolute atomic E-state index is 13.7. The summed E-state index contributed by atoms with van der Waals surface area (Å²) in [4.78, 5) is 0. The summed E-state index contributed by atoms with van der Waals surface area (Å²) in [7, 11) is -1.91. The molecule has 136 valence electrons. The highest BCUT2D eigenvalue weighted by Crippen LogP contribution is 2.30. The molecule has 0 aromatic heterocycles. The number of sulfonamides is 1. The molecule has 2 rings (SSSR count). The predicted octanol–water partition coefficient (Wildman–Crippen LogP) is 2.04. The van der Waals surface area contributed by atoms with Gasteiger partial charge in [-0.3, -0.25) is 0 Å². The van der Waals surface area contributed by atoms with Gasteiger partial charge in [0.15, 0.2) is 11.6 Å². The summed E-state index contributed by atoms with van der Waals surface area (Å²) in [6, 6.07) is 4.38. The van der Waals surface area contributed by atoms with E-state index in [1.54, 1.807) is 12.1 Å². The Labute approximate surface area is 142 Å². The Morgan fingerprint density at radius 3 is 2.83 bits per heavy atom. The molecule has 1 aromatic rings. The first-order valence-corrected chi connectivity index (χ1v) is 9.60. The number of rotatable bonds is 12. The molecule has 0 bridgehead atoms. The summed E-state index contributed by atoms with van der Waals surface area (Å²) in [5.74, 6) is 0.221. The Kier molecular flexibility index (Phi) is 7.41. The van der Waals surface area contributed by atoms with E-state index in [4.69, 9.17) is 14.2 Å². The Morgan fingerprint density at radius 2 is 2.12 bits per heavy atom. The molecule has 0 radical (unpaired) electrons. The average Bonchev–Trinajstić information content (AvgIpc) is 3.37. The van der Waals surface area contributed by atoms with E-state index in [2.05, 4.69) is 4.72 Å². The third kappa shape index (κ3) is 7.12. The fourth-order valence-electron chi connectivity index (χ4n) is 2.02. The van der Waals surface area contributed by atoms with Crippen LogP contribution in [-0.2, 0) is 26.0 Å². The van der Waals surface area contributed by atoms with E-state index in [0.717, 1.165) is 12.8 Å². The van der Waals surface area contributed by atoms with Crippen LogP contribution in [-0.4, -0.2) is 41.3 Å². The van der Waals surface area contributed by atoms with Crippen molar-refractivity contribution in [3.8, 4) is 5.75 Å². The van der Waals surface area contributed by atoms with Crippen LogP contribution in [0.3, 0.4) is 0 Å². The molecule has 1 aromatic carbocycles. The fraction of sp³-hybridized carbons (Fsp3) is 0.625. The minimum absolute atomic E-state index is 0.0387. The van der Waals surface area contributed by atoms with E-state index in [0.29, 0.717) is 31.1 Å². The summed E-state index contributed by atoms with van der Waals surface area (Å²) in [5.41, 5.74) is 0.654. The van der Waals surface area contributed by atoms with Gasteiger partial charge >= 0.3 is 0 Å². The van der Waals surface area contributed by atoms with Crippen LogP contribution in [0.4, 0.5) is 4.39 Å². The minimum atomic E-state index is -3.41. The van der Waals surface area contributed by atoms with Gasteiger partial charge in [0.2, 0.25) is 10.0 Å². The molecule has 24 heavy (non-hydrogen) atoms. The van der Waals surface area contributed by atoms with Crippen molar-refractivity contribution >= 4 is 10.0 Å². The van der Waals surface area contributed by atoms with Crippen LogP contribution in [0.2, 0.25) is 0 Å². The number of methoxy groups -OCH3 is 1. The Hall–Kier alpha value is -1.22. The van der Waals surface area contributed by atoms with Gasteiger partial charge < -0.3 is 14.2 Å². The average molecular weight is 361 g/mol. The van der Waals surface area contributed by atoms with E-state index < -0.39 is 15.8 Å². The fourth-order valence-corrected chi connectivity index (χ4v) is 3.05. The first-order chi connectivity index (χ1) is 11.5. The third-order valence-corrected chi connectivity index (χ3v) is 4.98. The molecule has 0 atom stereocenters. The van der Waals surface area contributed by atoms with E-state index in [1.165, 1.54) is 13.2 Å². The molecule has 0 spiro atoms. The van der Waals surface area contributed by atoms with Crippen LogP contribution in [0.15, 0.2) is 18.2 Å². The zero-order chi connectivity index (χ0) is 17.4. The number of benzene rings is 1. The molecule has 1 fully saturated rings. The summed E-state index contributed by atoms with van der Waals surface area (Å²) in [6.07, 6.45) is 2.61. The van der Waals surface area contributed by atoms with Gasteiger partial charge in [0, 0.05) is 13.7 Å². The van der Waals surface area contributed by atoms with Crippen LogP contribution in [0.25, 0.3) is 0 Å². The number of halogens is 1. The van der Waals surface area contributed by atoms with Crippen molar-refractivity contribution in [1.82, 2.24) is 4.72 Å². The smallest absolute Gasteiger partial charge is 0.211 e. The molecule has 0 unspecified atom stereocenters. The van der Waals surface area contributed by atoms with Crippen LogP contribution < -0.4 is 9.46 Å². The molecule has 1 saturated carbocycles. The highest BCUT2D eigenvalue weighted by molar-refractivity contribution is 7.89. The van der Waals surface area contributed by atoms with Gasteiger partial charge in [0.05, 0.1) is 19.0 Å². The van der Waals surface area contributed by atoms with Crippen molar-refractivity contribution in [2.75, 3.05) is 32.9 Å². The SMILES string of the molecule is COCOCCCS(=O)(=O)NCc1ccc(F)c(OCC2CC2)c1. The maximum Gasteiger partial charge on any atom is 0.211 e. The van der Waals surface area contributed by atoms with Gasteiger partial charge in [-0.2, -0.15) is 0 Å². The molecule has 0 heterocycles. The minimum Gasteiger partial charge on any atom is -0.490 e. The lowest BCUT2D eigenvalue weighted by Gasteiger charge is -2.10. The van der Waals surface area contributed by atoms with Gasteiger partial charge in [-0.1, -0.05) is 6.07 Å². The number of nitrogens with one attached hydrogen (secondary N) is 1. The third-order valence-electron chi connectivity index (χ3n) is 3.57. The summed E-state index contributed by atoms with van der Waals surface area (Å²) >= 11 is 0. The van der Waals surface area contributed by atoms with Crippen molar-refractivity contribution < 1.29 is 27.0 Å². The second kappa shape index (κ2) is 9.31.